The van der Waals surface area contributed by atoms with Crippen molar-refractivity contribution in [3.05, 3.63) is 65.5 Å². The van der Waals surface area contributed by atoms with Crippen LogP contribution in [-0.2, 0) is 6.54 Å². The molecule has 0 radical (unpaired) electrons. The lowest BCUT2D eigenvalue weighted by atomic mass is 10.1. The molecule has 0 atom stereocenters. The Bertz CT molecular complexity index is 555. The number of nitrogens with zero attached hydrogens (tertiary/aromatic N) is 1. The predicted octanol–water partition coefficient (Wildman–Crippen LogP) is -1.03. The number of pyridine rings is 1. The fourth-order valence-corrected chi connectivity index (χ4v) is 2.02. The highest BCUT2D eigenvalue weighted by Crippen LogP contribution is 2.08. The van der Waals surface area contributed by atoms with E-state index in [0.29, 0.717) is 4.99 Å². The molecule has 0 saturated heterocycles. The zero-order valence-corrected chi connectivity index (χ0v) is 11.7. The van der Waals surface area contributed by atoms with Crippen LogP contribution in [0.15, 0.2) is 48.7 Å². The van der Waals surface area contributed by atoms with Crippen molar-refractivity contribution in [2.45, 2.75) is 13.5 Å². The fraction of sp³-hybridized carbons (Fsp3) is 0.143. The minimum Gasteiger partial charge on any atom is -1.00 e. The third kappa shape index (κ3) is 3.28. The average Bonchev–Trinajstić information content (AvgIpc) is 2.32. The second kappa shape index (κ2) is 6.47. The van der Waals surface area contributed by atoms with Crippen molar-refractivity contribution < 1.29 is 17.0 Å². The molecule has 0 saturated carbocycles. The number of halogens is 1. The standard InChI is InChI=1S/C14H14N2S.ClH/c1-11-6-4-5-9-16(11)10-12-7-2-3-8-13(12)14(15)17;/h2-9H,10H2,1H3,(H-,15,17);1H. The number of hydrogen-bond acceptors (Lipinski definition) is 1. The van der Waals surface area contributed by atoms with Gasteiger partial charge in [0.15, 0.2) is 18.4 Å². The van der Waals surface area contributed by atoms with Gasteiger partial charge in [0.25, 0.3) is 0 Å². The van der Waals surface area contributed by atoms with E-state index in [4.69, 9.17) is 18.0 Å². The Morgan fingerprint density at radius 2 is 1.83 bits per heavy atom. The molecule has 18 heavy (non-hydrogen) atoms. The molecule has 0 bridgehead atoms. The highest BCUT2D eigenvalue weighted by Gasteiger charge is 2.10. The van der Waals surface area contributed by atoms with E-state index in [2.05, 4.69) is 29.8 Å². The molecule has 0 aliphatic rings. The number of aryl methyl sites for hydroxylation is 1. The molecule has 2 nitrogen and oxygen atoms in total. The van der Waals surface area contributed by atoms with Gasteiger partial charge in [0.2, 0.25) is 0 Å². The van der Waals surface area contributed by atoms with Gasteiger partial charge in [-0.05, 0) is 0 Å². The van der Waals surface area contributed by atoms with Crippen LogP contribution in [-0.4, -0.2) is 4.99 Å². The fourth-order valence-electron chi connectivity index (χ4n) is 1.82. The lowest BCUT2D eigenvalue weighted by molar-refractivity contribution is -0.694. The highest BCUT2D eigenvalue weighted by molar-refractivity contribution is 7.80. The van der Waals surface area contributed by atoms with Crippen molar-refractivity contribution in [1.29, 1.82) is 0 Å². The average molecular weight is 279 g/mol. The molecule has 2 N–H and O–H groups in total. The summed E-state index contributed by atoms with van der Waals surface area (Å²) >= 11 is 5.07. The Morgan fingerprint density at radius 3 is 2.50 bits per heavy atom. The molecule has 4 heteroatoms. The van der Waals surface area contributed by atoms with Gasteiger partial charge in [0.1, 0.15) is 4.99 Å². The highest BCUT2D eigenvalue weighted by atomic mass is 35.5. The maximum absolute atomic E-state index is 5.73. The van der Waals surface area contributed by atoms with Crippen LogP contribution in [0, 0.1) is 6.92 Å². The smallest absolute Gasteiger partial charge is 0.178 e. The Hall–Kier alpha value is -1.45. The lowest BCUT2D eigenvalue weighted by Gasteiger charge is -2.06. The normalized spacial score (nSPS) is 9.61. The topological polar surface area (TPSA) is 29.9 Å². The van der Waals surface area contributed by atoms with Crippen molar-refractivity contribution >= 4 is 17.2 Å². The molecule has 1 heterocycles. The maximum atomic E-state index is 5.73. The van der Waals surface area contributed by atoms with Gasteiger partial charge >= 0.3 is 0 Å². The first kappa shape index (κ1) is 14.6. The van der Waals surface area contributed by atoms with Crippen molar-refractivity contribution in [3.8, 4) is 0 Å². The summed E-state index contributed by atoms with van der Waals surface area (Å²) < 4.78 is 2.18. The minimum atomic E-state index is 0. The zero-order chi connectivity index (χ0) is 12.3. The predicted molar refractivity (Wildman–Crippen MR) is 72.8 cm³/mol. The summed E-state index contributed by atoms with van der Waals surface area (Å²) in [6.07, 6.45) is 2.06. The SMILES string of the molecule is Cc1cccc[n+]1Cc1ccccc1C(N)=S.[Cl-]. The molecular weight excluding hydrogens is 264 g/mol. The van der Waals surface area contributed by atoms with Crippen molar-refractivity contribution in [3.63, 3.8) is 0 Å². The van der Waals surface area contributed by atoms with Gasteiger partial charge in [-0.1, -0.05) is 42.5 Å². The van der Waals surface area contributed by atoms with Crippen LogP contribution in [0.5, 0.6) is 0 Å². The molecule has 1 aromatic carbocycles. The van der Waals surface area contributed by atoms with Crippen LogP contribution in [0.3, 0.4) is 0 Å². The third-order valence-electron chi connectivity index (χ3n) is 2.79. The number of nitrogens with two attached hydrogens (primary N) is 1. The number of aromatic nitrogens is 1. The summed E-state index contributed by atoms with van der Waals surface area (Å²) in [5.74, 6) is 0. The van der Waals surface area contributed by atoms with Crippen LogP contribution in [0.2, 0.25) is 0 Å². The van der Waals surface area contributed by atoms with Crippen molar-refractivity contribution in [2.24, 2.45) is 5.73 Å². The van der Waals surface area contributed by atoms with Gasteiger partial charge in [0, 0.05) is 30.2 Å². The second-order valence-electron chi connectivity index (χ2n) is 3.99. The number of rotatable bonds is 3. The summed E-state index contributed by atoms with van der Waals surface area (Å²) in [5.41, 5.74) is 9.05. The number of hydrogen-bond donors (Lipinski definition) is 1. The van der Waals surface area contributed by atoms with E-state index in [-0.39, 0.29) is 12.4 Å². The Morgan fingerprint density at radius 1 is 1.17 bits per heavy atom. The molecule has 2 rings (SSSR count). The van der Waals surface area contributed by atoms with E-state index in [9.17, 15) is 0 Å². The van der Waals surface area contributed by atoms with E-state index < -0.39 is 0 Å². The van der Waals surface area contributed by atoms with Gasteiger partial charge < -0.3 is 18.1 Å². The molecule has 0 unspecified atom stereocenters. The molecule has 0 aliphatic carbocycles. The Balaban J connectivity index is 0.00000162. The van der Waals surface area contributed by atoms with Crippen LogP contribution in [0.1, 0.15) is 16.8 Å². The summed E-state index contributed by atoms with van der Waals surface area (Å²) in [6.45, 7) is 2.88. The maximum Gasteiger partial charge on any atom is 0.178 e. The van der Waals surface area contributed by atoms with Crippen molar-refractivity contribution in [2.75, 3.05) is 0 Å². The van der Waals surface area contributed by atoms with Gasteiger partial charge in [0.05, 0.1) is 0 Å². The van der Waals surface area contributed by atoms with Gasteiger partial charge in [-0.2, -0.15) is 4.57 Å². The molecule has 0 fully saturated rings. The number of thiocarbonyl (C=S) groups is 1. The zero-order valence-electron chi connectivity index (χ0n) is 10.1. The van der Waals surface area contributed by atoms with E-state index >= 15 is 0 Å². The molecule has 1 aromatic heterocycles. The molecule has 2 aromatic rings. The first-order valence-corrected chi connectivity index (χ1v) is 5.92. The lowest BCUT2D eigenvalue weighted by Crippen LogP contribution is -3.00. The van der Waals surface area contributed by atoms with Crippen LogP contribution in [0.25, 0.3) is 0 Å². The summed E-state index contributed by atoms with van der Waals surface area (Å²) in [5, 5.41) is 0. The van der Waals surface area contributed by atoms with Crippen molar-refractivity contribution in [1.82, 2.24) is 0 Å². The molecule has 0 aliphatic heterocycles. The van der Waals surface area contributed by atoms with Gasteiger partial charge in [-0.15, -0.1) is 0 Å². The van der Waals surface area contributed by atoms with E-state index in [1.165, 1.54) is 5.69 Å². The van der Waals surface area contributed by atoms with Crippen LogP contribution in [0.4, 0.5) is 0 Å². The Kier molecular flexibility index (Phi) is 5.25. The van der Waals surface area contributed by atoms with Gasteiger partial charge in [-0.3, -0.25) is 0 Å². The monoisotopic (exact) mass is 278 g/mol. The van der Waals surface area contributed by atoms with E-state index in [1.54, 1.807) is 0 Å². The van der Waals surface area contributed by atoms with Gasteiger partial charge in [-0.25, -0.2) is 0 Å². The quantitative estimate of drug-likeness (QED) is 0.575. The Labute approximate surface area is 119 Å². The van der Waals surface area contributed by atoms with E-state index in [0.717, 1.165) is 17.7 Å². The summed E-state index contributed by atoms with van der Waals surface area (Å²) in [6, 6.07) is 14.1. The molecule has 0 amide bonds. The first-order chi connectivity index (χ1) is 8.18. The van der Waals surface area contributed by atoms with E-state index in [1.807, 2.05) is 30.3 Å². The summed E-state index contributed by atoms with van der Waals surface area (Å²) in [4.78, 5) is 0.454. The van der Waals surface area contributed by atoms with Crippen LogP contribution < -0.4 is 22.7 Å². The molecular formula is C14H15ClN2S. The first-order valence-electron chi connectivity index (χ1n) is 5.51. The minimum absolute atomic E-state index is 0. The largest absolute Gasteiger partial charge is 1.00 e. The van der Waals surface area contributed by atoms with Crippen LogP contribution >= 0.6 is 12.2 Å². The summed E-state index contributed by atoms with van der Waals surface area (Å²) in [7, 11) is 0. The molecule has 0 spiro atoms. The number of benzene rings is 1. The second-order valence-corrected chi connectivity index (χ2v) is 4.43. The molecule has 94 valence electrons. The third-order valence-corrected chi connectivity index (χ3v) is 3.01.